The van der Waals surface area contributed by atoms with Gasteiger partial charge in [0, 0.05) is 15.5 Å². The maximum Gasteiger partial charge on any atom is 0.319 e. The van der Waals surface area contributed by atoms with E-state index in [4.69, 9.17) is 5.11 Å². The Hall–Kier alpha value is -1.08. The van der Waals surface area contributed by atoms with Crippen molar-refractivity contribution in [2.45, 2.75) is 20.8 Å². The third-order valence-corrected chi connectivity index (χ3v) is 3.95. The zero-order valence-electron chi connectivity index (χ0n) is 11.4. The van der Waals surface area contributed by atoms with Crippen LogP contribution in [0.3, 0.4) is 0 Å². The molecule has 0 saturated carbocycles. The molecular weight excluding hydrogens is 392 g/mol. The zero-order valence-corrected chi connectivity index (χ0v) is 14.6. The molecule has 0 atom stereocenters. The van der Waals surface area contributed by atoms with Crippen molar-refractivity contribution in [1.29, 1.82) is 0 Å². The normalized spacial score (nSPS) is 11.1. The highest BCUT2D eigenvalue weighted by Gasteiger charge is 2.27. The van der Waals surface area contributed by atoms with E-state index in [0.717, 1.165) is 14.5 Å². The summed E-state index contributed by atoms with van der Waals surface area (Å²) in [6, 6.07) is 3.30. The van der Waals surface area contributed by atoms with Crippen molar-refractivity contribution in [3.05, 3.63) is 26.6 Å². The van der Waals surface area contributed by atoms with Gasteiger partial charge in [-0.1, -0.05) is 0 Å². The van der Waals surface area contributed by atoms with E-state index >= 15 is 0 Å². The molecule has 0 fully saturated rings. The molecule has 1 aromatic carbocycles. The maximum atomic E-state index is 11.8. The van der Waals surface area contributed by atoms with E-state index in [0.29, 0.717) is 5.69 Å². The Morgan fingerprint density at radius 2 is 1.75 bits per heavy atom. The van der Waals surface area contributed by atoms with E-state index < -0.39 is 17.4 Å². The number of carboxylic acid groups (broad SMARTS) is 1. The number of hydrogen-bond donors (Lipinski definition) is 3. The van der Waals surface area contributed by atoms with Crippen molar-refractivity contribution >= 4 is 49.5 Å². The van der Waals surface area contributed by atoms with E-state index in [-0.39, 0.29) is 6.54 Å². The fourth-order valence-electron chi connectivity index (χ4n) is 1.35. The third kappa shape index (κ3) is 4.49. The van der Waals surface area contributed by atoms with Gasteiger partial charge in [0.25, 0.3) is 0 Å². The SMILES string of the molecule is Cc1cc(Br)c(NC(=O)NCC(C)(C)C(=O)O)c(Br)c1. The first-order valence-corrected chi connectivity index (χ1v) is 7.46. The lowest BCUT2D eigenvalue weighted by Gasteiger charge is -2.20. The van der Waals surface area contributed by atoms with Crippen LogP contribution in [0, 0.1) is 12.3 Å². The number of hydrogen-bond acceptors (Lipinski definition) is 2. The van der Waals surface area contributed by atoms with Gasteiger partial charge in [0.15, 0.2) is 0 Å². The smallest absolute Gasteiger partial charge is 0.319 e. The summed E-state index contributed by atoms with van der Waals surface area (Å²) in [5.74, 6) is -0.963. The van der Waals surface area contributed by atoms with E-state index in [9.17, 15) is 9.59 Å². The van der Waals surface area contributed by atoms with Crippen LogP contribution in [0.15, 0.2) is 21.1 Å². The number of rotatable bonds is 4. The van der Waals surface area contributed by atoms with Crippen molar-refractivity contribution in [1.82, 2.24) is 5.32 Å². The number of halogens is 2. The molecule has 2 amide bonds. The Morgan fingerprint density at radius 1 is 1.25 bits per heavy atom. The molecule has 20 heavy (non-hydrogen) atoms. The molecule has 1 rings (SSSR count). The number of anilines is 1. The first-order valence-electron chi connectivity index (χ1n) is 5.87. The molecular formula is C13H16Br2N2O3. The molecule has 7 heteroatoms. The van der Waals surface area contributed by atoms with Crippen LogP contribution < -0.4 is 10.6 Å². The van der Waals surface area contributed by atoms with Crippen molar-refractivity contribution in [3.63, 3.8) is 0 Å². The molecule has 5 nitrogen and oxygen atoms in total. The lowest BCUT2D eigenvalue weighted by atomic mass is 9.94. The summed E-state index contributed by atoms with van der Waals surface area (Å²) in [7, 11) is 0. The minimum absolute atomic E-state index is 0.0370. The van der Waals surface area contributed by atoms with Crippen LogP contribution >= 0.6 is 31.9 Å². The van der Waals surface area contributed by atoms with Crippen LogP contribution in [0.2, 0.25) is 0 Å². The minimum atomic E-state index is -1.01. The molecule has 0 aliphatic carbocycles. The summed E-state index contributed by atoms with van der Waals surface area (Å²) >= 11 is 6.75. The second-order valence-corrected chi connectivity index (χ2v) is 6.81. The Bertz CT molecular complexity index is 521. The van der Waals surface area contributed by atoms with Gasteiger partial charge in [-0.05, 0) is 70.3 Å². The molecule has 0 aliphatic heterocycles. The summed E-state index contributed by atoms with van der Waals surface area (Å²) < 4.78 is 1.49. The van der Waals surface area contributed by atoms with Gasteiger partial charge in [0.2, 0.25) is 0 Å². The minimum Gasteiger partial charge on any atom is -0.481 e. The molecule has 0 heterocycles. The van der Waals surface area contributed by atoms with Gasteiger partial charge >= 0.3 is 12.0 Å². The summed E-state index contributed by atoms with van der Waals surface area (Å²) in [6.07, 6.45) is 0. The number of carbonyl (C=O) groups is 2. The summed E-state index contributed by atoms with van der Waals surface area (Å²) in [6.45, 7) is 5.07. The summed E-state index contributed by atoms with van der Waals surface area (Å²) in [4.78, 5) is 22.8. The van der Waals surface area contributed by atoms with Crippen LogP contribution in [0.4, 0.5) is 10.5 Å². The van der Waals surface area contributed by atoms with E-state index in [1.165, 1.54) is 0 Å². The molecule has 0 bridgehead atoms. The molecule has 0 unspecified atom stereocenters. The number of urea groups is 1. The second kappa shape index (κ2) is 6.58. The van der Waals surface area contributed by atoms with Gasteiger partial charge in [-0.15, -0.1) is 0 Å². The van der Waals surface area contributed by atoms with Crippen LogP contribution in [0.5, 0.6) is 0 Å². The van der Waals surface area contributed by atoms with Crippen LogP contribution in [0.25, 0.3) is 0 Å². The number of benzene rings is 1. The predicted molar refractivity (Wildman–Crippen MR) is 85.0 cm³/mol. The topological polar surface area (TPSA) is 78.4 Å². The van der Waals surface area contributed by atoms with Crippen molar-refractivity contribution in [2.24, 2.45) is 5.41 Å². The average molecular weight is 408 g/mol. The highest BCUT2D eigenvalue weighted by Crippen LogP contribution is 2.32. The van der Waals surface area contributed by atoms with Crippen LogP contribution in [-0.2, 0) is 4.79 Å². The van der Waals surface area contributed by atoms with Crippen LogP contribution in [0.1, 0.15) is 19.4 Å². The molecule has 0 saturated heterocycles. The number of carboxylic acids is 1. The molecule has 0 aromatic heterocycles. The number of amides is 2. The van der Waals surface area contributed by atoms with Gasteiger partial charge in [-0.25, -0.2) is 4.79 Å². The molecule has 110 valence electrons. The fraction of sp³-hybridized carbons (Fsp3) is 0.385. The third-order valence-electron chi connectivity index (χ3n) is 2.69. The molecule has 0 spiro atoms. The standard InChI is InChI=1S/C13H16Br2N2O3/c1-7-4-8(14)10(9(15)5-7)17-12(20)16-6-13(2,3)11(18)19/h4-5H,6H2,1-3H3,(H,18,19)(H2,16,17,20). The number of nitrogens with one attached hydrogen (secondary N) is 2. The quantitative estimate of drug-likeness (QED) is 0.711. The number of carbonyl (C=O) groups excluding carboxylic acids is 1. The Labute approximate surface area is 134 Å². The molecule has 1 aromatic rings. The Kier molecular flexibility index (Phi) is 5.59. The fourth-order valence-corrected chi connectivity index (χ4v) is 2.97. The predicted octanol–water partition coefficient (Wildman–Crippen LogP) is 3.75. The number of aryl methyl sites for hydroxylation is 1. The lowest BCUT2D eigenvalue weighted by molar-refractivity contribution is -0.146. The van der Waals surface area contributed by atoms with Crippen LogP contribution in [-0.4, -0.2) is 23.7 Å². The monoisotopic (exact) mass is 406 g/mol. The Balaban J connectivity index is 2.71. The van der Waals surface area contributed by atoms with Crippen molar-refractivity contribution in [3.8, 4) is 0 Å². The average Bonchev–Trinajstić information content (AvgIpc) is 2.31. The Morgan fingerprint density at radius 3 is 2.20 bits per heavy atom. The van der Waals surface area contributed by atoms with Gasteiger partial charge in [0.1, 0.15) is 0 Å². The lowest BCUT2D eigenvalue weighted by Crippen LogP contribution is -2.40. The van der Waals surface area contributed by atoms with E-state index in [1.807, 2.05) is 19.1 Å². The van der Waals surface area contributed by atoms with Gasteiger partial charge < -0.3 is 15.7 Å². The first kappa shape index (κ1) is 17.0. The summed E-state index contributed by atoms with van der Waals surface area (Å²) in [5, 5.41) is 14.2. The second-order valence-electron chi connectivity index (χ2n) is 5.10. The van der Waals surface area contributed by atoms with Crippen molar-refractivity contribution < 1.29 is 14.7 Å². The maximum absolute atomic E-state index is 11.8. The van der Waals surface area contributed by atoms with Gasteiger partial charge in [-0.2, -0.15) is 0 Å². The highest BCUT2D eigenvalue weighted by molar-refractivity contribution is 9.11. The first-order chi connectivity index (χ1) is 9.13. The van der Waals surface area contributed by atoms with E-state index in [2.05, 4.69) is 42.5 Å². The zero-order chi connectivity index (χ0) is 15.5. The largest absolute Gasteiger partial charge is 0.481 e. The molecule has 0 radical (unpaired) electrons. The molecule has 3 N–H and O–H groups in total. The number of aliphatic carboxylic acids is 1. The molecule has 0 aliphatic rings. The van der Waals surface area contributed by atoms with E-state index in [1.54, 1.807) is 13.8 Å². The summed E-state index contributed by atoms with van der Waals surface area (Å²) in [5.41, 5.74) is 0.627. The van der Waals surface area contributed by atoms with Gasteiger partial charge in [-0.3, -0.25) is 4.79 Å². The highest BCUT2D eigenvalue weighted by atomic mass is 79.9. The van der Waals surface area contributed by atoms with Crippen molar-refractivity contribution in [2.75, 3.05) is 11.9 Å². The van der Waals surface area contributed by atoms with Gasteiger partial charge in [0.05, 0.1) is 11.1 Å².